The number of fused-ring (bicyclic) bond motifs is 3. The third kappa shape index (κ3) is 3.32. The van der Waals surface area contributed by atoms with Gasteiger partial charge in [0.25, 0.3) is 0 Å². The number of para-hydroxylation sites is 2. The molecule has 6 rings (SSSR count). The molecule has 3 nitrogen and oxygen atoms in total. The van der Waals surface area contributed by atoms with Crippen molar-refractivity contribution in [2.75, 3.05) is 5.32 Å². The van der Waals surface area contributed by atoms with Crippen LogP contribution in [0.1, 0.15) is 75.1 Å². The van der Waals surface area contributed by atoms with Crippen molar-refractivity contribution in [1.82, 2.24) is 0 Å². The monoisotopic (exact) mass is 537 g/mol. The Morgan fingerprint density at radius 2 is 1.47 bits per heavy atom. The molecule has 1 aromatic heterocycles. The van der Waals surface area contributed by atoms with Crippen LogP contribution in [0.3, 0.4) is 0 Å². The summed E-state index contributed by atoms with van der Waals surface area (Å²) in [5, 5.41) is 3.74. The van der Waals surface area contributed by atoms with Crippen molar-refractivity contribution in [1.29, 1.82) is 0 Å². The molecule has 2 heterocycles. The third-order valence-electron chi connectivity index (χ3n) is 7.80. The van der Waals surface area contributed by atoms with E-state index < -0.39 is 0 Å². The van der Waals surface area contributed by atoms with Crippen molar-refractivity contribution in [3.63, 3.8) is 0 Å². The van der Waals surface area contributed by atoms with Crippen LogP contribution in [0.15, 0.2) is 83.3 Å². The summed E-state index contributed by atoms with van der Waals surface area (Å²) in [6.45, 7) is 9.10. The molecule has 0 radical (unpaired) electrons. The number of nitrogens with one attached hydrogen (secondary N) is 1. The summed E-state index contributed by atoms with van der Waals surface area (Å²) in [5.41, 5.74) is 8.34. The van der Waals surface area contributed by atoms with Gasteiger partial charge in [0.1, 0.15) is 0 Å². The summed E-state index contributed by atoms with van der Waals surface area (Å²) < 4.78 is 1.05. The van der Waals surface area contributed by atoms with Crippen molar-refractivity contribution in [3.8, 4) is 0 Å². The van der Waals surface area contributed by atoms with Crippen molar-refractivity contribution >= 4 is 43.5 Å². The maximum atomic E-state index is 12.9. The van der Waals surface area contributed by atoms with Gasteiger partial charge in [0, 0.05) is 0 Å². The van der Waals surface area contributed by atoms with Gasteiger partial charge in [0.05, 0.1) is 0 Å². The number of hydrogen-bond donors (Lipinski definition) is 1. The molecule has 4 heteroatoms. The molecule has 0 bridgehead atoms. The molecular weight excluding hydrogens is 509 g/mol. The second kappa shape index (κ2) is 8.03. The molecule has 178 valence electrons. The second-order valence-corrected chi connectivity index (χ2v) is 12.6. The Morgan fingerprint density at radius 3 is 2.19 bits per heavy atom. The molecule has 0 spiro atoms. The fourth-order valence-corrected chi connectivity index (χ4v) is 7.72. The summed E-state index contributed by atoms with van der Waals surface area (Å²) in [5.74, 6) is -0.329. The zero-order valence-corrected chi connectivity index (χ0v) is 22.5. The van der Waals surface area contributed by atoms with E-state index >= 15 is 0 Å². The van der Waals surface area contributed by atoms with E-state index in [2.05, 4.69) is 86.5 Å². The van der Waals surface area contributed by atoms with Crippen molar-refractivity contribution in [2.24, 2.45) is 0 Å². The number of Topliss-reactive ketones (excluding diaryl/α,β-unsaturated/α-hetero) is 2. The molecule has 0 saturated heterocycles. The van der Waals surface area contributed by atoms with E-state index in [4.69, 9.17) is 0 Å². The van der Waals surface area contributed by atoms with Gasteiger partial charge in [0.15, 0.2) is 0 Å². The Morgan fingerprint density at radius 1 is 0.833 bits per heavy atom. The van der Waals surface area contributed by atoms with Crippen LogP contribution in [0.25, 0.3) is 6.08 Å². The molecule has 0 unspecified atom stereocenters. The van der Waals surface area contributed by atoms with Gasteiger partial charge in [0.2, 0.25) is 0 Å². The van der Waals surface area contributed by atoms with E-state index in [0.29, 0.717) is 11.1 Å². The van der Waals surface area contributed by atoms with Gasteiger partial charge in [-0.15, -0.1) is 0 Å². The molecule has 36 heavy (non-hydrogen) atoms. The number of benzene rings is 3. The van der Waals surface area contributed by atoms with Crippen molar-refractivity contribution < 1.29 is 9.59 Å². The second-order valence-electron chi connectivity index (χ2n) is 10.6. The van der Waals surface area contributed by atoms with E-state index in [0.717, 1.165) is 10.1 Å². The number of allylic oxidation sites excluding steroid dienone is 1. The number of hydrogen-bond acceptors (Lipinski definition) is 3. The third-order valence-corrected chi connectivity index (χ3v) is 9.65. The van der Waals surface area contributed by atoms with Crippen LogP contribution in [0.4, 0.5) is 11.4 Å². The Balaban J connectivity index is 1.39. The standard InChI is InChI=1S/C32H27NO2Se/c1-31(2,25-13-9-14-26-28(25)33-27-15-8-7-12-24(27)32(26,3)4)19-16-20(36-18-19)17-23-29(34)21-10-5-6-11-22(21)30(23)35/h5-18,33H,1-4H3. The van der Waals surface area contributed by atoms with Gasteiger partial charge < -0.3 is 0 Å². The number of carbonyl (C=O) groups excluding carboxylic acids is 2. The number of ketones is 2. The number of anilines is 2. The minimum absolute atomic E-state index is 0.0586. The van der Waals surface area contributed by atoms with Gasteiger partial charge in [-0.3, -0.25) is 0 Å². The van der Waals surface area contributed by atoms with Crippen LogP contribution < -0.4 is 5.32 Å². The molecule has 1 aliphatic heterocycles. The Labute approximate surface area is 217 Å². The van der Waals surface area contributed by atoms with Crippen LogP contribution in [-0.4, -0.2) is 26.1 Å². The average Bonchev–Trinajstić information content (AvgIpc) is 3.44. The normalized spacial score (nSPS) is 15.7. The summed E-state index contributed by atoms with van der Waals surface area (Å²) in [7, 11) is 0. The average molecular weight is 537 g/mol. The summed E-state index contributed by atoms with van der Waals surface area (Å²) in [6.07, 6.45) is 1.82. The molecule has 0 saturated carbocycles. The molecule has 4 aromatic rings. The zero-order chi connectivity index (χ0) is 25.2. The number of carbonyl (C=O) groups is 2. The minimum atomic E-state index is -0.255. The fraction of sp³-hybridized carbons (Fsp3) is 0.188. The van der Waals surface area contributed by atoms with Gasteiger partial charge in [-0.05, 0) is 0 Å². The Hall–Kier alpha value is -3.46. The predicted molar refractivity (Wildman–Crippen MR) is 147 cm³/mol. The van der Waals surface area contributed by atoms with Gasteiger partial charge in [-0.25, -0.2) is 0 Å². The van der Waals surface area contributed by atoms with Crippen LogP contribution in [0, 0.1) is 0 Å². The topological polar surface area (TPSA) is 46.2 Å². The van der Waals surface area contributed by atoms with Gasteiger partial charge in [-0.2, -0.15) is 0 Å². The molecular formula is C32H27NO2Se. The van der Waals surface area contributed by atoms with E-state index in [1.807, 2.05) is 18.2 Å². The van der Waals surface area contributed by atoms with E-state index in [1.54, 1.807) is 12.1 Å². The van der Waals surface area contributed by atoms with Crippen LogP contribution in [0.5, 0.6) is 0 Å². The first kappa shape index (κ1) is 23.0. The number of rotatable bonds is 3. The Bertz CT molecular complexity index is 1560. The summed E-state index contributed by atoms with van der Waals surface area (Å²) >= 11 is 0.0586. The molecule has 0 amide bonds. The molecule has 0 atom stereocenters. The predicted octanol–water partition coefficient (Wildman–Crippen LogP) is 6.92. The molecule has 3 aromatic carbocycles. The molecule has 0 fully saturated rings. The van der Waals surface area contributed by atoms with E-state index in [-0.39, 0.29) is 42.5 Å². The fourth-order valence-electron chi connectivity index (χ4n) is 5.60. The van der Waals surface area contributed by atoms with Crippen LogP contribution >= 0.6 is 0 Å². The molecule has 1 N–H and O–H groups in total. The maximum absolute atomic E-state index is 12.9. The van der Waals surface area contributed by atoms with Crippen molar-refractivity contribution in [2.45, 2.75) is 38.5 Å². The molecule has 2 aliphatic rings. The first-order chi connectivity index (χ1) is 17.2. The molecule has 1 aliphatic carbocycles. The van der Waals surface area contributed by atoms with E-state index in [1.165, 1.54) is 27.9 Å². The van der Waals surface area contributed by atoms with Crippen LogP contribution in [-0.2, 0) is 10.8 Å². The van der Waals surface area contributed by atoms with Gasteiger partial charge >= 0.3 is 218 Å². The van der Waals surface area contributed by atoms with Gasteiger partial charge in [-0.1, -0.05) is 0 Å². The Kier molecular flexibility index (Phi) is 5.12. The first-order valence-corrected chi connectivity index (χ1v) is 14.0. The van der Waals surface area contributed by atoms with Crippen molar-refractivity contribution in [3.05, 3.63) is 121 Å². The zero-order valence-electron chi connectivity index (χ0n) is 20.8. The first-order valence-electron chi connectivity index (χ1n) is 12.2. The van der Waals surface area contributed by atoms with E-state index in [9.17, 15) is 9.59 Å². The quantitative estimate of drug-likeness (QED) is 0.176. The SMILES string of the molecule is CC(C)(c1c[se]c(C=C2C(=O)c3ccccc3C2=O)c1)c1cccc2c1Nc1ccccc1C2(C)C. The summed E-state index contributed by atoms with van der Waals surface area (Å²) in [4.78, 5) is 28.1. The van der Waals surface area contributed by atoms with Crippen LogP contribution in [0.2, 0.25) is 0 Å². The summed E-state index contributed by atoms with van der Waals surface area (Å²) in [6, 6.07) is 24.4.